The van der Waals surface area contributed by atoms with Crippen molar-refractivity contribution in [3.05, 3.63) is 12.4 Å². The fourth-order valence-electron chi connectivity index (χ4n) is 2.78. The Hall–Kier alpha value is -0.990. The SMILES string of the molecule is CC1CCCC(n2ccnc2NC2CC2)C1. The smallest absolute Gasteiger partial charge is 0.203 e. The van der Waals surface area contributed by atoms with Crippen molar-refractivity contribution in [1.29, 1.82) is 0 Å². The number of imidazole rings is 1. The van der Waals surface area contributed by atoms with Gasteiger partial charge in [0.2, 0.25) is 5.95 Å². The van der Waals surface area contributed by atoms with Crippen LogP contribution in [0.1, 0.15) is 51.5 Å². The summed E-state index contributed by atoms with van der Waals surface area (Å²) < 4.78 is 2.37. The van der Waals surface area contributed by atoms with Crippen molar-refractivity contribution in [2.45, 2.75) is 57.5 Å². The van der Waals surface area contributed by atoms with Crippen molar-refractivity contribution in [1.82, 2.24) is 9.55 Å². The van der Waals surface area contributed by atoms with Gasteiger partial charge in [0.25, 0.3) is 0 Å². The third kappa shape index (κ3) is 2.08. The van der Waals surface area contributed by atoms with E-state index in [2.05, 4.69) is 28.0 Å². The van der Waals surface area contributed by atoms with Crippen LogP contribution in [0.25, 0.3) is 0 Å². The van der Waals surface area contributed by atoms with E-state index in [4.69, 9.17) is 0 Å². The van der Waals surface area contributed by atoms with Crippen LogP contribution in [0.3, 0.4) is 0 Å². The van der Waals surface area contributed by atoms with Gasteiger partial charge in [-0.15, -0.1) is 0 Å². The quantitative estimate of drug-likeness (QED) is 0.846. The van der Waals surface area contributed by atoms with E-state index < -0.39 is 0 Å². The molecule has 0 aromatic carbocycles. The maximum absolute atomic E-state index is 4.45. The first kappa shape index (κ1) is 10.2. The molecule has 0 spiro atoms. The molecule has 16 heavy (non-hydrogen) atoms. The van der Waals surface area contributed by atoms with Crippen LogP contribution in [0, 0.1) is 5.92 Å². The Bertz CT molecular complexity index is 354. The standard InChI is InChI=1S/C13H21N3/c1-10-3-2-4-12(9-10)16-8-7-14-13(16)15-11-5-6-11/h7-8,10-12H,2-6,9H2,1H3,(H,14,15). The van der Waals surface area contributed by atoms with Crippen molar-refractivity contribution in [3.8, 4) is 0 Å². The normalized spacial score (nSPS) is 30.3. The van der Waals surface area contributed by atoms with Crippen LogP contribution >= 0.6 is 0 Å². The topological polar surface area (TPSA) is 29.9 Å². The molecule has 2 aliphatic rings. The average Bonchev–Trinajstić information content (AvgIpc) is 2.95. The minimum atomic E-state index is 0.674. The van der Waals surface area contributed by atoms with Gasteiger partial charge in [-0.1, -0.05) is 19.8 Å². The Balaban J connectivity index is 1.73. The first-order valence-electron chi connectivity index (χ1n) is 6.62. The predicted octanol–water partition coefficient (Wildman–Crippen LogP) is 3.21. The van der Waals surface area contributed by atoms with Crippen LogP contribution in [-0.4, -0.2) is 15.6 Å². The number of aromatic nitrogens is 2. The lowest BCUT2D eigenvalue weighted by Crippen LogP contribution is -2.19. The zero-order valence-electron chi connectivity index (χ0n) is 10.0. The molecule has 2 unspecified atom stereocenters. The first-order chi connectivity index (χ1) is 7.83. The van der Waals surface area contributed by atoms with Gasteiger partial charge in [-0.3, -0.25) is 0 Å². The van der Waals surface area contributed by atoms with Crippen LogP contribution < -0.4 is 5.32 Å². The number of hydrogen-bond acceptors (Lipinski definition) is 2. The third-order valence-electron chi connectivity index (χ3n) is 3.88. The van der Waals surface area contributed by atoms with Crippen molar-refractivity contribution >= 4 is 5.95 Å². The minimum absolute atomic E-state index is 0.674. The van der Waals surface area contributed by atoms with E-state index in [-0.39, 0.29) is 0 Å². The Morgan fingerprint density at radius 2 is 2.19 bits per heavy atom. The Labute approximate surface area is 97.3 Å². The van der Waals surface area contributed by atoms with E-state index in [1.54, 1.807) is 0 Å². The van der Waals surface area contributed by atoms with Crippen molar-refractivity contribution in [2.75, 3.05) is 5.32 Å². The lowest BCUT2D eigenvalue weighted by Gasteiger charge is -2.28. The van der Waals surface area contributed by atoms with Gasteiger partial charge >= 0.3 is 0 Å². The molecule has 0 bridgehead atoms. The minimum Gasteiger partial charge on any atom is -0.353 e. The lowest BCUT2D eigenvalue weighted by molar-refractivity contribution is 0.284. The molecule has 3 heteroatoms. The van der Waals surface area contributed by atoms with E-state index >= 15 is 0 Å². The summed E-state index contributed by atoms with van der Waals surface area (Å²) in [5.74, 6) is 1.97. The van der Waals surface area contributed by atoms with Crippen LogP contribution in [-0.2, 0) is 0 Å². The summed E-state index contributed by atoms with van der Waals surface area (Å²) >= 11 is 0. The highest BCUT2D eigenvalue weighted by molar-refractivity contribution is 5.30. The second-order valence-corrected chi connectivity index (χ2v) is 5.50. The Kier molecular flexibility index (Phi) is 2.62. The summed E-state index contributed by atoms with van der Waals surface area (Å²) in [4.78, 5) is 4.45. The molecule has 2 aliphatic carbocycles. The molecule has 0 saturated heterocycles. The molecule has 3 rings (SSSR count). The third-order valence-corrected chi connectivity index (χ3v) is 3.88. The van der Waals surface area contributed by atoms with Crippen molar-refractivity contribution in [3.63, 3.8) is 0 Å². The molecule has 1 aromatic heterocycles. The Morgan fingerprint density at radius 3 is 2.94 bits per heavy atom. The fraction of sp³-hybridized carbons (Fsp3) is 0.769. The number of anilines is 1. The van der Waals surface area contributed by atoms with Gasteiger partial charge in [0.15, 0.2) is 0 Å². The molecule has 1 aromatic rings. The highest BCUT2D eigenvalue weighted by Gasteiger charge is 2.26. The van der Waals surface area contributed by atoms with Gasteiger partial charge in [-0.2, -0.15) is 0 Å². The predicted molar refractivity (Wildman–Crippen MR) is 65.5 cm³/mol. The molecule has 0 amide bonds. The lowest BCUT2D eigenvalue weighted by atomic mass is 9.87. The maximum atomic E-state index is 4.45. The molecule has 3 nitrogen and oxygen atoms in total. The molecular formula is C13H21N3. The molecule has 2 atom stereocenters. The molecular weight excluding hydrogens is 198 g/mol. The van der Waals surface area contributed by atoms with E-state index in [1.165, 1.54) is 38.5 Å². The summed E-state index contributed by atoms with van der Waals surface area (Å²) in [6.45, 7) is 2.37. The average molecular weight is 219 g/mol. The monoisotopic (exact) mass is 219 g/mol. The van der Waals surface area contributed by atoms with Crippen molar-refractivity contribution < 1.29 is 0 Å². The summed E-state index contributed by atoms with van der Waals surface area (Å²) in [6, 6.07) is 1.37. The van der Waals surface area contributed by atoms with Crippen LogP contribution in [0.5, 0.6) is 0 Å². The van der Waals surface area contributed by atoms with E-state index in [0.29, 0.717) is 12.1 Å². The molecule has 0 radical (unpaired) electrons. The summed E-state index contributed by atoms with van der Waals surface area (Å²) in [5.41, 5.74) is 0. The zero-order valence-corrected chi connectivity index (χ0v) is 10.0. The molecule has 2 saturated carbocycles. The van der Waals surface area contributed by atoms with E-state index in [9.17, 15) is 0 Å². The Morgan fingerprint density at radius 1 is 1.31 bits per heavy atom. The van der Waals surface area contributed by atoms with Gasteiger partial charge in [0, 0.05) is 24.5 Å². The van der Waals surface area contributed by atoms with Crippen LogP contribution in [0.4, 0.5) is 5.95 Å². The van der Waals surface area contributed by atoms with Crippen molar-refractivity contribution in [2.24, 2.45) is 5.92 Å². The second-order valence-electron chi connectivity index (χ2n) is 5.50. The molecule has 88 valence electrons. The number of nitrogens with zero attached hydrogens (tertiary/aromatic N) is 2. The zero-order chi connectivity index (χ0) is 11.0. The van der Waals surface area contributed by atoms with Gasteiger partial charge in [0.05, 0.1) is 0 Å². The van der Waals surface area contributed by atoms with E-state index in [1.807, 2.05) is 6.20 Å². The summed E-state index contributed by atoms with van der Waals surface area (Å²) in [7, 11) is 0. The number of nitrogens with one attached hydrogen (secondary N) is 1. The fourth-order valence-corrected chi connectivity index (χ4v) is 2.78. The van der Waals surface area contributed by atoms with Gasteiger partial charge < -0.3 is 9.88 Å². The maximum Gasteiger partial charge on any atom is 0.203 e. The second kappa shape index (κ2) is 4.11. The molecule has 2 fully saturated rings. The van der Waals surface area contributed by atoms with E-state index in [0.717, 1.165) is 11.9 Å². The van der Waals surface area contributed by atoms with Gasteiger partial charge in [0.1, 0.15) is 0 Å². The summed E-state index contributed by atoms with van der Waals surface area (Å²) in [5, 5.41) is 3.53. The number of rotatable bonds is 3. The van der Waals surface area contributed by atoms with Crippen LogP contribution in [0.15, 0.2) is 12.4 Å². The first-order valence-corrected chi connectivity index (χ1v) is 6.62. The van der Waals surface area contributed by atoms with Crippen LogP contribution in [0.2, 0.25) is 0 Å². The van der Waals surface area contributed by atoms with Gasteiger partial charge in [-0.05, 0) is 31.6 Å². The van der Waals surface area contributed by atoms with Gasteiger partial charge in [-0.25, -0.2) is 4.98 Å². The largest absolute Gasteiger partial charge is 0.353 e. The molecule has 1 N–H and O–H groups in total. The number of hydrogen-bond donors (Lipinski definition) is 1. The molecule has 0 aliphatic heterocycles. The highest BCUT2D eigenvalue weighted by atomic mass is 15.2. The highest BCUT2D eigenvalue weighted by Crippen LogP contribution is 2.34. The summed E-state index contributed by atoms with van der Waals surface area (Å²) in [6.07, 6.45) is 12.1. The molecule has 1 heterocycles.